The summed E-state index contributed by atoms with van der Waals surface area (Å²) in [4.78, 5) is 0. The van der Waals surface area contributed by atoms with Crippen molar-refractivity contribution in [2.75, 3.05) is 13.2 Å². The number of rotatable bonds is 14. The Morgan fingerprint density at radius 1 is 0.690 bits per heavy atom. The number of ether oxygens (including phenoxy) is 2. The normalized spacial score (nSPS) is 13.4. The molecule has 0 saturated carbocycles. The van der Waals surface area contributed by atoms with E-state index in [1.165, 1.54) is 67.7 Å². The first-order valence-electron chi connectivity index (χ1n) is 11.9. The molecule has 0 spiro atoms. The molecule has 0 aliphatic carbocycles. The van der Waals surface area contributed by atoms with E-state index in [0.717, 1.165) is 24.7 Å². The molecule has 0 aliphatic rings. The van der Waals surface area contributed by atoms with E-state index < -0.39 is 0 Å². The van der Waals surface area contributed by atoms with Gasteiger partial charge in [-0.15, -0.1) is 0 Å². The molecule has 0 aromatic heterocycles. The highest BCUT2D eigenvalue weighted by Crippen LogP contribution is 2.35. The van der Waals surface area contributed by atoms with Crippen LogP contribution in [0.2, 0.25) is 0 Å². The first-order valence-corrected chi connectivity index (χ1v) is 11.9. The van der Waals surface area contributed by atoms with E-state index in [-0.39, 0.29) is 0 Å². The lowest BCUT2D eigenvalue weighted by atomic mass is 10.00. The van der Waals surface area contributed by atoms with Gasteiger partial charge in [-0.1, -0.05) is 83.9 Å². The predicted octanol–water partition coefficient (Wildman–Crippen LogP) is 8.34. The van der Waals surface area contributed by atoms with Gasteiger partial charge in [0.15, 0.2) is 0 Å². The summed E-state index contributed by atoms with van der Waals surface area (Å²) in [5.41, 5.74) is 1.26. The maximum absolute atomic E-state index is 6.32. The first kappa shape index (κ1) is 23.6. The van der Waals surface area contributed by atoms with E-state index in [0.29, 0.717) is 11.8 Å². The molecule has 2 rings (SSSR count). The number of hydrogen-bond donors (Lipinski definition) is 0. The lowest BCUT2D eigenvalue weighted by molar-refractivity contribution is 0.231. The highest BCUT2D eigenvalue weighted by Gasteiger charge is 2.13. The van der Waals surface area contributed by atoms with E-state index in [4.69, 9.17) is 9.47 Å². The van der Waals surface area contributed by atoms with Crippen LogP contribution in [0.3, 0.4) is 0 Å². The number of benzene rings is 2. The molecule has 0 bridgehead atoms. The van der Waals surface area contributed by atoms with Crippen LogP contribution >= 0.6 is 0 Å². The number of fused-ring (bicyclic) bond motifs is 1. The molecule has 2 heteroatoms. The lowest BCUT2D eigenvalue weighted by Gasteiger charge is -2.19. The topological polar surface area (TPSA) is 18.5 Å². The molecule has 2 aromatic rings. The van der Waals surface area contributed by atoms with Crippen molar-refractivity contribution in [2.24, 2.45) is 11.8 Å². The third kappa shape index (κ3) is 7.24. The van der Waals surface area contributed by atoms with Crippen molar-refractivity contribution in [1.29, 1.82) is 0 Å². The molecule has 0 heterocycles. The van der Waals surface area contributed by atoms with Crippen LogP contribution in [0.25, 0.3) is 10.8 Å². The van der Waals surface area contributed by atoms with Crippen LogP contribution in [0.15, 0.2) is 30.3 Å². The second-order valence-corrected chi connectivity index (χ2v) is 8.57. The van der Waals surface area contributed by atoms with Crippen LogP contribution in [-0.2, 0) is 0 Å². The van der Waals surface area contributed by atoms with Crippen molar-refractivity contribution >= 4 is 10.8 Å². The Morgan fingerprint density at radius 3 is 1.69 bits per heavy atom. The molecule has 2 atom stereocenters. The molecule has 0 fully saturated rings. The Bertz CT molecular complexity index is 722. The van der Waals surface area contributed by atoms with Gasteiger partial charge in [0, 0.05) is 10.8 Å². The molecule has 0 saturated heterocycles. The average Bonchev–Trinajstić information content (AvgIpc) is 2.74. The zero-order valence-electron chi connectivity index (χ0n) is 19.4. The molecule has 0 aliphatic heterocycles. The van der Waals surface area contributed by atoms with Crippen molar-refractivity contribution in [1.82, 2.24) is 0 Å². The molecule has 2 nitrogen and oxygen atoms in total. The van der Waals surface area contributed by atoms with Gasteiger partial charge in [-0.25, -0.2) is 0 Å². The summed E-state index contributed by atoms with van der Waals surface area (Å²) in [6.07, 6.45) is 9.92. The summed E-state index contributed by atoms with van der Waals surface area (Å²) >= 11 is 0. The van der Waals surface area contributed by atoms with Gasteiger partial charge in [-0.05, 0) is 49.8 Å². The standard InChI is InChI=1S/C27H42O2/c1-6-10-12-22(8-3)19-28-26-16-17-27(25-18-21(5)14-15-24(25)26)29-20-23(9-4)13-11-7-2/h14-18,22-23H,6-13,19-20H2,1-5H3. The summed E-state index contributed by atoms with van der Waals surface area (Å²) in [6, 6.07) is 10.8. The number of aryl methyl sites for hydroxylation is 1. The Balaban J connectivity index is 2.16. The highest BCUT2D eigenvalue weighted by molar-refractivity contribution is 5.93. The van der Waals surface area contributed by atoms with Gasteiger partial charge < -0.3 is 9.47 Å². The second kappa shape index (κ2) is 12.8. The third-order valence-corrected chi connectivity index (χ3v) is 6.13. The van der Waals surface area contributed by atoms with Crippen molar-refractivity contribution < 1.29 is 9.47 Å². The minimum Gasteiger partial charge on any atom is -0.493 e. The van der Waals surface area contributed by atoms with E-state index in [1.807, 2.05) is 0 Å². The summed E-state index contributed by atoms with van der Waals surface area (Å²) in [7, 11) is 0. The minimum absolute atomic E-state index is 0.634. The maximum Gasteiger partial charge on any atom is 0.127 e. The summed E-state index contributed by atoms with van der Waals surface area (Å²) in [5, 5.41) is 2.34. The first-order chi connectivity index (χ1) is 14.1. The zero-order chi connectivity index (χ0) is 21.1. The molecule has 2 aromatic carbocycles. The molecule has 2 unspecified atom stereocenters. The van der Waals surface area contributed by atoms with Gasteiger partial charge in [0.2, 0.25) is 0 Å². The number of unbranched alkanes of at least 4 members (excludes halogenated alkanes) is 2. The lowest BCUT2D eigenvalue weighted by Crippen LogP contribution is -2.12. The van der Waals surface area contributed by atoms with E-state index >= 15 is 0 Å². The molecule has 0 N–H and O–H groups in total. The molecular formula is C27H42O2. The quantitative estimate of drug-likeness (QED) is 0.318. The average molecular weight is 399 g/mol. The van der Waals surface area contributed by atoms with Crippen LogP contribution in [0.4, 0.5) is 0 Å². The van der Waals surface area contributed by atoms with Crippen LogP contribution in [0.5, 0.6) is 11.5 Å². The van der Waals surface area contributed by atoms with Crippen LogP contribution in [-0.4, -0.2) is 13.2 Å². The van der Waals surface area contributed by atoms with E-state index in [9.17, 15) is 0 Å². The Labute approximate surface area is 179 Å². The Morgan fingerprint density at radius 2 is 1.21 bits per heavy atom. The van der Waals surface area contributed by atoms with Crippen molar-refractivity contribution in [2.45, 2.75) is 86.0 Å². The highest BCUT2D eigenvalue weighted by atomic mass is 16.5. The van der Waals surface area contributed by atoms with Gasteiger partial charge in [-0.2, -0.15) is 0 Å². The van der Waals surface area contributed by atoms with E-state index in [2.05, 4.69) is 65.0 Å². The summed E-state index contributed by atoms with van der Waals surface area (Å²) in [5.74, 6) is 3.24. The largest absolute Gasteiger partial charge is 0.493 e. The maximum atomic E-state index is 6.32. The fraction of sp³-hybridized carbons (Fsp3) is 0.630. The van der Waals surface area contributed by atoms with Crippen LogP contribution in [0, 0.1) is 18.8 Å². The smallest absolute Gasteiger partial charge is 0.127 e. The van der Waals surface area contributed by atoms with Crippen molar-refractivity contribution in [3.05, 3.63) is 35.9 Å². The van der Waals surface area contributed by atoms with Gasteiger partial charge in [0.05, 0.1) is 13.2 Å². The van der Waals surface area contributed by atoms with Crippen LogP contribution in [0.1, 0.15) is 84.6 Å². The van der Waals surface area contributed by atoms with Gasteiger partial charge in [0.25, 0.3) is 0 Å². The molecule has 162 valence electrons. The Hall–Kier alpha value is -1.70. The van der Waals surface area contributed by atoms with Gasteiger partial charge in [-0.3, -0.25) is 0 Å². The number of hydrogen-bond acceptors (Lipinski definition) is 2. The molecule has 0 amide bonds. The SMILES string of the molecule is CCCCC(CC)COc1ccc(OCC(CC)CCCC)c2cc(C)ccc12. The van der Waals surface area contributed by atoms with Gasteiger partial charge >= 0.3 is 0 Å². The van der Waals surface area contributed by atoms with Crippen molar-refractivity contribution in [3.63, 3.8) is 0 Å². The van der Waals surface area contributed by atoms with E-state index in [1.54, 1.807) is 0 Å². The third-order valence-electron chi connectivity index (χ3n) is 6.13. The van der Waals surface area contributed by atoms with Crippen LogP contribution < -0.4 is 9.47 Å². The summed E-state index contributed by atoms with van der Waals surface area (Å²) < 4.78 is 12.6. The monoisotopic (exact) mass is 398 g/mol. The molecule has 0 radical (unpaired) electrons. The van der Waals surface area contributed by atoms with Gasteiger partial charge in [0.1, 0.15) is 11.5 Å². The predicted molar refractivity (Wildman–Crippen MR) is 126 cm³/mol. The Kier molecular flexibility index (Phi) is 10.4. The molecular weight excluding hydrogens is 356 g/mol. The fourth-order valence-corrected chi connectivity index (χ4v) is 3.87. The summed E-state index contributed by atoms with van der Waals surface area (Å²) in [6.45, 7) is 12.8. The molecule has 29 heavy (non-hydrogen) atoms. The minimum atomic E-state index is 0.634. The zero-order valence-corrected chi connectivity index (χ0v) is 19.4. The van der Waals surface area contributed by atoms with Crippen molar-refractivity contribution in [3.8, 4) is 11.5 Å². The fourth-order valence-electron chi connectivity index (χ4n) is 3.87. The second-order valence-electron chi connectivity index (χ2n) is 8.57.